The van der Waals surface area contributed by atoms with Crippen molar-refractivity contribution in [3.05, 3.63) is 87.6 Å². The van der Waals surface area contributed by atoms with Gasteiger partial charge in [0.1, 0.15) is 12.4 Å². The first kappa shape index (κ1) is 20.2. The van der Waals surface area contributed by atoms with Gasteiger partial charge in [0, 0.05) is 22.4 Å². The van der Waals surface area contributed by atoms with Gasteiger partial charge in [-0.05, 0) is 58.8 Å². The molecule has 3 aromatic rings. The first-order valence-electron chi connectivity index (χ1n) is 9.52. The Morgan fingerprint density at radius 3 is 2.63 bits per heavy atom. The van der Waals surface area contributed by atoms with E-state index >= 15 is 0 Å². The third-order valence-corrected chi connectivity index (χ3v) is 5.27. The van der Waals surface area contributed by atoms with Crippen LogP contribution in [0, 0.1) is 5.82 Å². The Kier molecular flexibility index (Phi) is 5.86. The summed E-state index contributed by atoms with van der Waals surface area (Å²) in [4.78, 5) is 12.4. The van der Waals surface area contributed by atoms with Crippen LogP contribution in [0.5, 0.6) is 11.5 Å². The molecule has 1 amide bonds. The van der Waals surface area contributed by atoms with Crippen molar-refractivity contribution < 1.29 is 18.7 Å². The molecule has 4 rings (SSSR count). The molecule has 3 aromatic carbocycles. The lowest BCUT2D eigenvalue weighted by Gasteiger charge is -2.15. The highest BCUT2D eigenvalue weighted by atomic mass is 79.9. The van der Waals surface area contributed by atoms with Gasteiger partial charge in [-0.1, -0.05) is 36.4 Å². The summed E-state index contributed by atoms with van der Waals surface area (Å²) in [6.07, 6.45) is 1.81. The van der Waals surface area contributed by atoms with E-state index in [9.17, 15) is 9.18 Å². The molecule has 30 heavy (non-hydrogen) atoms. The van der Waals surface area contributed by atoms with Gasteiger partial charge < -0.3 is 14.8 Å². The number of rotatable bonds is 6. The fourth-order valence-corrected chi connectivity index (χ4v) is 3.86. The van der Waals surface area contributed by atoms with Gasteiger partial charge >= 0.3 is 0 Å². The first-order valence-corrected chi connectivity index (χ1v) is 10.3. The van der Waals surface area contributed by atoms with Gasteiger partial charge in [0.2, 0.25) is 0 Å². The number of hydrogen-bond acceptors (Lipinski definition) is 3. The first-order chi connectivity index (χ1) is 14.6. The normalized spacial score (nSPS) is 13.8. The second-order valence-corrected chi connectivity index (χ2v) is 7.56. The molecule has 6 heteroatoms. The third kappa shape index (κ3) is 4.09. The number of carbonyl (C=O) groups excluding carboxylic acids is 1. The van der Waals surface area contributed by atoms with Crippen LogP contribution < -0.4 is 14.8 Å². The zero-order valence-corrected chi connectivity index (χ0v) is 17.8. The second-order valence-electron chi connectivity index (χ2n) is 6.70. The van der Waals surface area contributed by atoms with Gasteiger partial charge in [0.15, 0.2) is 11.5 Å². The number of carbonyl (C=O) groups is 1. The van der Waals surface area contributed by atoms with Crippen LogP contribution in [0.3, 0.4) is 0 Å². The van der Waals surface area contributed by atoms with Crippen LogP contribution in [0.4, 0.5) is 10.1 Å². The minimum atomic E-state index is -0.321. The van der Waals surface area contributed by atoms with Gasteiger partial charge in [-0.2, -0.15) is 0 Å². The Morgan fingerprint density at radius 1 is 1.07 bits per heavy atom. The molecule has 152 valence electrons. The summed E-state index contributed by atoms with van der Waals surface area (Å²) in [6.45, 7) is 2.38. The Hall–Kier alpha value is -3.12. The highest BCUT2D eigenvalue weighted by molar-refractivity contribution is 9.10. The van der Waals surface area contributed by atoms with E-state index in [0.717, 1.165) is 16.8 Å². The second kappa shape index (κ2) is 8.71. The number of ether oxygens (including phenoxy) is 2. The van der Waals surface area contributed by atoms with Crippen LogP contribution in [-0.4, -0.2) is 12.5 Å². The fourth-order valence-electron chi connectivity index (χ4n) is 3.29. The Morgan fingerprint density at radius 2 is 1.83 bits per heavy atom. The van der Waals surface area contributed by atoms with Crippen molar-refractivity contribution in [1.29, 1.82) is 0 Å². The van der Waals surface area contributed by atoms with E-state index in [4.69, 9.17) is 9.47 Å². The summed E-state index contributed by atoms with van der Waals surface area (Å²) >= 11 is 3.53. The number of fused-ring (bicyclic) bond motifs is 1. The van der Waals surface area contributed by atoms with Crippen molar-refractivity contribution in [1.82, 2.24) is 0 Å². The molecule has 0 saturated heterocycles. The fraction of sp³-hybridized carbons (Fsp3) is 0.125. The maximum Gasteiger partial charge on any atom is 0.256 e. The van der Waals surface area contributed by atoms with Crippen molar-refractivity contribution in [2.24, 2.45) is 0 Å². The molecule has 0 atom stereocenters. The van der Waals surface area contributed by atoms with Gasteiger partial charge in [0.25, 0.3) is 5.91 Å². The molecule has 1 heterocycles. The lowest BCUT2D eigenvalue weighted by atomic mass is 10.0. The lowest BCUT2D eigenvalue weighted by molar-refractivity contribution is -0.110. The number of benzene rings is 3. The number of anilines is 1. The van der Waals surface area contributed by atoms with Crippen molar-refractivity contribution >= 4 is 39.2 Å². The molecular weight excluding hydrogens is 449 g/mol. The number of halogens is 2. The molecule has 1 N–H and O–H groups in total. The van der Waals surface area contributed by atoms with Crippen LogP contribution in [0.15, 0.2) is 65.1 Å². The highest BCUT2D eigenvalue weighted by Crippen LogP contribution is 2.39. The molecule has 0 spiro atoms. The minimum Gasteiger partial charge on any atom is -0.490 e. The van der Waals surface area contributed by atoms with Crippen molar-refractivity contribution in [3.8, 4) is 11.5 Å². The summed E-state index contributed by atoms with van der Waals surface area (Å²) < 4.78 is 26.2. The van der Waals surface area contributed by atoms with Crippen molar-refractivity contribution in [2.45, 2.75) is 13.5 Å². The molecule has 0 fully saturated rings. The van der Waals surface area contributed by atoms with E-state index in [1.807, 2.05) is 49.4 Å². The largest absolute Gasteiger partial charge is 0.490 e. The molecule has 1 aliphatic rings. The maximum atomic E-state index is 13.9. The van der Waals surface area contributed by atoms with Gasteiger partial charge in [-0.15, -0.1) is 0 Å². The SMILES string of the molecule is CCOc1cc(/C=C2\C(=O)Nc3ccccc32)cc(Br)c1OCc1ccccc1F. The number of amides is 1. The molecule has 0 radical (unpaired) electrons. The smallest absolute Gasteiger partial charge is 0.256 e. The molecule has 0 bridgehead atoms. The zero-order valence-electron chi connectivity index (χ0n) is 16.2. The zero-order chi connectivity index (χ0) is 21.1. The van der Waals surface area contributed by atoms with E-state index in [2.05, 4.69) is 21.2 Å². The Bertz CT molecular complexity index is 1140. The highest BCUT2D eigenvalue weighted by Gasteiger charge is 2.23. The topological polar surface area (TPSA) is 47.6 Å². The molecule has 0 saturated carbocycles. The van der Waals surface area contributed by atoms with Crippen LogP contribution in [-0.2, 0) is 11.4 Å². The Balaban J connectivity index is 1.67. The van der Waals surface area contributed by atoms with E-state index in [-0.39, 0.29) is 18.3 Å². The average Bonchev–Trinajstić information content (AvgIpc) is 3.04. The molecule has 0 aliphatic carbocycles. The summed E-state index contributed by atoms with van der Waals surface area (Å²) in [6, 6.07) is 17.7. The average molecular weight is 468 g/mol. The van der Waals surface area contributed by atoms with Gasteiger partial charge in [-0.25, -0.2) is 4.39 Å². The molecule has 4 nitrogen and oxygen atoms in total. The predicted octanol–water partition coefficient (Wildman–Crippen LogP) is 6.06. The number of nitrogens with one attached hydrogen (secondary N) is 1. The Labute approximate surface area is 182 Å². The minimum absolute atomic E-state index is 0.0710. The summed E-state index contributed by atoms with van der Waals surface area (Å²) in [5, 5.41) is 2.87. The van der Waals surface area contributed by atoms with Crippen LogP contribution in [0.25, 0.3) is 11.6 Å². The summed E-state index contributed by atoms with van der Waals surface area (Å²) in [5.74, 6) is 0.532. The van der Waals surface area contributed by atoms with Crippen molar-refractivity contribution in [2.75, 3.05) is 11.9 Å². The number of hydrogen-bond donors (Lipinski definition) is 1. The molecule has 0 unspecified atom stereocenters. The van der Waals surface area contributed by atoms with E-state index in [0.29, 0.717) is 33.7 Å². The standard InChI is InChI=1S/C24H19BrFNO3/c1-2-29-22-13-15(11-18-17-8-4-6-10-21(17)27-24(18)28)12-19(25)23(22)30-14-16-7-3-5-9-20(16)26/h3-13H,2,14H2,1H3,(H,27,28)/b18-11-. The molecule has 1 aliphatic heterocycles. The summed E-state index contributed by atoms with van der Waals surface area (Å²) in [7, 11) is 0. The van der Waals surface area contributed by atoms with Crippen LogP contribution >= 0.6 is 15.9 Å². The molecular formula is C24H19BrFNO3. The predicted molar refractivity (Wildman–Crippen MR) is 119 cm³/mol. The third-order valence-electron chi connectivity index (χ3n) is 4.68. The monoisotopic (exact) mass is 467 g/mol. The van der Waals surface area contributed by atoms with Gasteiger partial charge in [-0.3, -0.25) is 4.79 Å². The lowest BCUT2D eigenvalue weighted by Crippen LogP contribution is -2.04. The van der Waals surface area contributed by atoms with Gasteiger partial charge in [0.05, 0.1) is 11.1 Å². The van der Waals surface area contributed by atoms with Crippen molar-refractivity contribution in [3.63, 3.8) is 0 Å². The van der Waals surface area contributed by atoms with E-state index in [1.54, 1.807) is 18.2 Å². The molecule has 0 aromatic heterocycles. The summed E-state index contributed by atoms with van der Waals surface area (Å²) in [5.41, 5.74) is 3.47. The quantitative estimate of drug-likeness (QED) is 0.448. The van der Waals surface area contributed by atoms with E-state index < -0.39 is 0 Å². The maximum absolute atomic E-state index is 13.9. The van der Waals surface area contributed by atoms with E-state index in [1.165, 1.54) is 6.07 Å². The van der Waals surface area contributed by atoms with Crippen LogP contribution in [0.1, 0.15) is 23.6 Å². The van der Waals surface area contributed by atoms with Crippen LogP contribution in [0.2, 0.25) is 0 Å². The number of para-hydroxylation sites is 1.